The third-order valence-corrected chi connectivity index (χ3v) is 8.26. The first-order chi connectivity index (χ1) is 13.5. The van der Waals surface area contributed by atoms with E-state index in [4.69, 9.17) is 9.47 Å². The van der Waals surface area contributed by atoms with Crippen LogP contribution in [0.15, 0.2) is 35.6 Å². The predicted octanol–water partition coefficient (Wildman–Crippen LogP) is 3.66. The molecule has 5 nitrogen and oxygen atoms in total. The summed E-state index contributed by atoms with van der Waals surface area (Å²) in [4.78, 5) is 11.6. The molecule has 29 heavy (non-hydrogen) atoms. The first kappa shape index (κ1) is 20.7. The number of hydrogen-bond acceptors (Lipinski definition) is 5. The Morgan fingerprint density at radius 3 is 2.69 bits per heavy atom. The molecular weight excluding hydrogens is 368 g/mol. The second kappa shape index (κ2) is 6.98. The van der Waals surface area contributed by atoms with Crippen LogP contribution in [0, 0.1) is 22.7 Å². The van der Waals surface area contributed by atoms with Gasteiger partial charge in [0.1, 0.15) is 11.9 Å². The maximum absolute atomic E-state index is 11.6. The fraction of sp³-hybridized carbons (Fsp3) is 0.708. The number of carbonyl (C=O) groups excluding carboxylic acids is 1. The Labute approximate surface area is 173 Å². The molecular formula is C24H34O5. The van der Waals surface area contributed by atoms with Crippen LogP contribution < -0.4 is 0 Å². The summed E-state index contributed by atoms with van der Waals surface area (Å²) in [5, 5.41) is 21.9. The Bertz CT molecular complexity index is 774. The van der Waals surface area contributed by atoms with Gasteiger partial charge in [-0.2, -0.15) is 0 Å². The molecule has 6 atom stereocenters. The van der Waals surface area contributed by atoms with Gasteiger partial charge in [-0.1, -0.05) is 32.9 Å². The van der Waals surface area contributed by atoms with Crippen molar-refractivity contribution in [1.82, 2.24) is 0 Å². The Morgan fingerprint density at radius 2 is 1.93 bits per heavy atom. The molecule has 0 spiro atoms. The summed E-state index contributed by atoms with van der Waals surface area (Å²) < 4.78 is 11.6. The van der Waals surface area contributed by atoms with Crippen LogP contribution in [0.1, 0.15) is 59.8 Å². The van der Waals surface area contributed by atoms with E-state index in [0.717, 1.165) is 24.8 Å². The molecule has 0 aromatic carbocycles. The van der Waals surface area contributed by atoms with Crippen molar-refractivity contribution in [2.75, 3.05) is 6.61 Å². The Kier molecular flexibility index (Phi) is 4.98. The molecule has 2 saturated carbocycles. The Hall–Kier alpha value is -1.59. The van der Waals surface area contributed by atoms with Gasteiger partial charge in [0.15, 0.2) is 0 Å². The van der Waals surface area contributed by atoms with E-state index in [2.05, 4.69) is 20.8 Å². The average Bonchev–Trinajstić information content (AvgIpc) is 2.64. The highest BCUT2D eigenvalue weighted by Crippen LogP contribution is 2.62. The van der Waals surface area contributed by atoms with Gasteiger partial charge in [0.05, 0.1) is 24.7 Å². The van der Waals surface area contributed by atoms with Crippen LogP contribution in [0.3, 0.4) is 0 Å². The number of aliphatic hydroxyl groups excluding tert-OH is 1. The largest absolute Gasteiger partial charge is 0.493 e. The Morgan fingerprint density at radius 1 is 1.17 bits per heavy atom. The molecule has 0 amide bonds. The molecule has 0 saturated heterocycles. The number of aliphatic hydroxyl groups is 2. The number of carbonyl (C=O) groups is 1. The van der Waals surface area contributed by atoms with Crippen LogP contribution >= 0.6 is 0 Å². The zero-order valence-corrected chi connectivity index (χ0v) is 18.0. The molecule has 3 aliphatic carbocycles. The normalized spacial score (nSPS) is 43.4. The zero-order chi connectivity index (χ0) is 21.0. The standard InChI is InChI=1S/C24H34O5/c1-22(2)18-9-12-24(4,27)19(23(18,3)11-10-20(22)25)14-28-16-7-5-15-6-8-21(26)29-17(15)13-16/h5-7,13,17-20,25,27H,8-12,14H2,1-4H3/t17-,18-,19-,20+,23-,24-/m1/s1. The fourth-order valence-electron chi connectivity index (χ4n) is 6.41. The van der Waals surface area contributed by atoms with Crippen molar-refractivity contribution in [1.29, 1.82) is 0 Å². The average molecular weight is 403 g/mol. The molecule has 4 rings (SSSR count). The van der Waals surface area contributed by atoms with Crippen molar-refractivity contribution < 1.29 is 24.5 Å². The predicted molar refractivity (Wildman–Crippen MR) is 110 cm³/mol. The highest BCUT2D eigenvalue weighted by molar-refractivity contribution is 5.74. The van der Waals surface area contributed by atoms with Crippen molar-refractivity contribution in [3.8, 4) is 0 Å². The van der Waals surface area contributed by atoms with E-state index in [-0.39, 0.29) is 34.9 Å². The number of fused-ring (bicyclic) bond motifs is 2. The third kappa shape index (κ3) is 3.46. The van der Waals surface area contributed by atoms with Crippen LogP contribution in [-0.2, 0) is 14.3 Å². The van der Waals surface area contributed by atoms with Crippen LogP contribution in [0.2, 0.25) is 0 Å². The molecule has 2 fully saturated rings. The summed E-state index contributed by atoms with van der Waals surface area (Å²) in [6.07, 6.45) is 10.5. The third-order valence-electron chi connectivity index (χ3n) is 8.26. The number of ether oxygens (including phenoxy) is 2. The second-order valence-corrected chi connectivity index (χ2v) is 10.4. The van der Waals surface area contributed by atoms with E-state index < -0.39 is 5.60 Å². The lowest BCUT2D eigenvalue weighted by molar-refractivity contribution is -0.204. The van der Waals surface area contributed by atoms with E-state index in [1.807, 2.05) is 31.2 Å². The van der Waals surface area contributed by atoms with Gasteiger partial charge in [0, 0.05) is 12.0 Å². The first-order valence-electron chi connectivity index (χ1n) is 10.9. The van der Waals surface area contributed by atoms with E-state index in [9.17, 15) is 15.0 Å². The smallest absolute Gasteiger partial charge is 0.310 e. The van der Waals surface area contributed by atoms with Gasteiger partial charge in [0.25, 0.3) is 0 Å². The SMILES string of the molecule is CC1(C)[C@H]2CC[C@@](C)(O)[C@H](COC3=C[C@H]4OC(=O)CC=C4C=C3)[C@]2(C)CC[C@@H]1O. The van der Waals surface area contributed by atoms with Crippen LogP contribution in [0.4, 0.5) is 0 Å². The lowest BCUT2D eigenvalue weighted by Gasteiger charge is -2.62. The Balaban J connectivity index is 1.54. The lowest BCUT2D eigenvalue weighted by atomic mass is 9.45. The molecule has 0 aromatic heterocycles. The van der Waals surface area contributed by atoms with Crippen molar-refractivity contribution in [2.45, 2.75) is 77.6 Å². The topological polar surface area (TPSA) is 76.0 Å². The molecule has 2 N–H and O–H groups in total. The van der Waals surface area contributed by atoms with Gasteiger partial charge >= 0.3 is 5.97 Å². The molecule has 160 valence electrons. The van der Waals surface area contributed by atoms with Crippen LogP contribution in [0.25, 0.3) is 0 Å². The maximum Gasteiger partial charge on any atom is 0.310 e. The summed E-state index contributed by atoms with van der Waals surface area (Å²) in [6.45, 7) is 8.92. The highest BCUT2D eigenvalue weighted by atomic mass is 16.5. The number of hydrogen-bond donors (Lipinski definition) is 2. The summed E-state index contributed by atoms with van der Waals surface area (Å²) in [6, 6.07) is 0. The van der Waals surface area contributed by atoms with E-state index >= 15 is 0 Å². The van der Waals surface area contributed by atoms with Gasteiger partial charge in [-0.05, 0) is 61.0 Å². The van der Waals surface area contributed by atoms with Gasteiger partial charge in [-0.3, -0.25) is 4.79 Å². The van der Waals surface area contributed by atoms with Crippen LogP contribution in [0.5, 0.6) is 0 Å². The minimum atomic E-state index is -0.815. The minimum Gasteiger partial charge on any atom is -0.493 e. The monoisotopic (exact) mass is 402 g/mol. The molecule has 0 unspecified atom stereocenters. The zero-order valence-electron chi connectivity index (χ0n) is 18.0. The van der Waals surface area contributed by atoms with Crippen molar-refractivity contribution in [2.24, 2.45) is 22.7 Å². The van der Waals surface area contributed by atoms with E-state index in [1.54, 1.807) is 0 Å². The summed E-state index contributed by atoms with van der Waals surface area (Å²) in [5.74, 6) is 0.745. The molecule has 0 aromatic rings. The molecule has 4 aliphatic rings. The molecule has 1 aliphatic heterocycles. The second-order valence-electron chi connectivity index (χ2n) is 10.4. The number of rotatable bonds is 3. The molecule has 1 heterocycles. The number of allylic oxidation sites excluding steroid dienone is 1. The molecule has 0 radical (unpaired) electrons. The maximum atomic E-state index is 11.6. The van der Waals surface area contributed by atoms with Crippen molar-refractivity contribution >= 4 is 5.97 Å². The van der Waals surface area contributed by atoms with Gasteiger partial charge in [-0.25, -0.2) is 0 Å². The van der Waals surface area contributed by atoms with E-state index in [1.165, 1.54) is 0 Å². The lowest BCUT2D eigenvalue weighted by Crippen LogP contribution is -2.61. The van der Waals surface area contributed by atoms with Gasteiger partial charge < -0.3 is 19.7 Å². The summed E-state index contributed by atoms with van der Waals surface area (Å²) in [7, 11) is 0. The van der Waals surface area contributed by atoms with Gasteiger partial charge in [0.2, 0.25) is 0 Å². The number of esters is 1. The van der Waals surface area contributed by atoms with Gasteiger partial charge in [-0.15, -0.1) is 0 Å². The fourth-order valence-corrected chi connectivity index (χ4v) is 6.41. The first-order valence-corrected chi connectivity index (χ1v) is 10.9. The van der Waals surface area contributed by atoms with Crippen molar-refractivity contribution in [3.63, 3.8) is 0 Å². The quantitative estimate of drug-likeness (QED) is 0.705. The van der Waals surface area contributed by atoms with E-state index in [0.29, 0.717) is 31.1 Å². The van der Waals surface area contributed by atoms with Crippen LogP contribution in [-0.4, -0.2) is 40.6 Å². The molecule has 0 bridgehead atoms. The summed E-state index contributed by atoms with van der Waals surface area (Å²) >= 11 is 0. The molecule has 5 heteroatoms. The summed E-state index contributed by atoms with van der Waals surface area (Å²) in [5.41, 5.74) is -0.116. The van der Waals surface area contributed by atoms with Crippen molar-refractivity contribution in [3.05, 3.63) is 35.6 Å². The minimum absolute atomic E-state index is 0.0410. The highest BCUT2D eigenvalue weighted by Gasteiger charge is 2.60.